The molecule has 0 saturated carbocycles. The highest BCUT2D eigenvalue weighted by molar-refractivity contribution is 5.76. The fourth-order valence-corrected chi connectivity index (χ4v) is 1.33. The van der Waals surface area contributed by atoms with Crippen molar-refractivity contribution in [2.45, 2.75) is 6.42 Å². The second-order valence-electron chi connectivity index (χ2n) is 2.70. The van der Waals surface area contributed by atoms with Gasteiger partial charge in [-0.05, 0) is 12.1 Å². The Morgan fingerprint density at radius 1 is 1.50 bits per heavy atom. The number of hydrogen-bond acceptors (Lipinski definition) is 2. The van der Waals surface area contributed by atoms with Gasteiger partial charge in [-0.15, -0.1) is 0 Å². The van der Waals surface area contributed by atoms with Crippen LogP contribution in [0.4, 0.5) is 4.39 Å². The molecule has 0 aliphatic carbocycles. The molecule has 2 nitrogen and oxygen atoms in total. The van der Waals surface area contributed by atoms with Crippen molar-refractivity contribution in [3.05, 3.63) is 29.1 Å². The molecule has 0 N–H and O–H groups in total. The third kappa shape index (κ3) is 0.978. The first kappa shape index (κ1) is 7.28. The van der Waals surface area contributed by atoms with Gasteiger partial charge in [-0.1, -0.05) is 0 Å². The summed E-state index contributed by atoms with van der Waals surface area (Å²) in [7, 11) is 0. The Morgan fingerprint density at radius 3 is 3.08 bits per heavy atom. The Bertz CT molecular complexity index is 334. The maximum absolute atomic E-state index is 13.1. The molecule has 0 amide bonds. The number of rotatable bonds is 1. The van der Waals surface area contributed by atoms with Crippen LogP contribution in [-0.2, 0) is 6.42 Å². The molecule has 0 spiro atoms. The number of aldehydes is 1. The van der Waals surface area contributed by atoms with Gasteiger partial charge in [0.25, 0.3) is 0 Å². The molecule has 0 unspecified atom stereocenters. The smallest absolute Gasteiger partial charge is 0.150 e. The van der Waals surface area contributed by atoms with Crippen LogP contribution in [0.15, 0.2) is 12.1 Å². The second-order valence-corrected chi connectivity index (χ2v) is 2.70. The molecule has 1 heterocycles. The highest BCUT2D eigenvalue weighted by atomic mass is 19.1. The molecule has 0 fully saturated rings. The predicted molar refractivity (Wildman–Crippen MR) is 41.0 cm³/mol. The lowest BCUT2D eigenvalue weighted by molar-refractivity contribution is 0.112. The SMILES string of the molecule is O=Cc1cc(F)c2c(c1)OCC2. The zero-order chi connectivity index (χ0) is 8.55. The molecule has 3 heteroatoms. The van der Waals surface area contributed by atoms with Crippen molar-refractivity contribution in [2.75, 3.05) is 6.61 Å². The van der Waals surface area contributed by atoms with E-state index < -0.39 is 0 Å². The third-order valence-corrected chi connectivity index (χ3v) is 1.92. The fourth-order valence-electron chi connectivity index (χ4n) is 1.33. The number of carbonyl (C=O) groups excluding carboxylic acids is 1. The number of carbonyl (C=O) groups is 1. The molecule has 0 atom stereocenters. The summed E-state index contributed by atoms with van der Waals surface area (Å²) in [4.78, 5) is 10.3. The van der Waals surface area contributed by atoms with Crippen LogP contribution in [0.5, 0.6) is 5.75 Å². The molecule has 0 bridgehead atoms. The molecule has 0 saturated heterocycles. The number of benzene rings is 1. The van der Waals surface area contributed by atoms with E-state index in [-0.39, 0.29) is 5.82 Å². The lowest BCUT2D eigenvalue weighted by Gasteiger charge is -2.00. The molecule has 0 radical (unpaired) electrons. The van der Waals surface area contributed by atoms with E-state index in [9.17, 15) is 9.18 Å². The van der Waals surface area contributed by atoms with Crippen LogP contribution in [-0.4, -0.2) is 12.9 Å². The molecule has 12 heavy (non-hydrogen) atoms. The minimum Gasteiger partial charge on any atom is -0.493 e. The molecule has 1 aliphatic rings. The van der Waals surface area contributed by atoms with E-state index in [0.717, 1.165) is 0 Å². The summed E-state index contributed by atoms with van der Waals surface area (Å²) in [6.45, 7) is 0.508. The van der Waals surface area contributed by atoms with Crippen LogP contribution in [0, 0.1) is 5.82 Å². The lowest BCUT2D eigenvalue weighted by atomic mass is 10.1. The average Bonchev–Trinajstić information content (AvgIpc) is 2.52. The highest BCUT2D eigenvalue weighted by Crippen LogP contribution is 2.28. The summed E-state index contributed by atoms with van der Waals surface area (Å²) < 4.78 is 18.2. The van der Waals surface area contributed by atoms with Gasteiger partial charge in [0.15, 0.2) is 0 Å². The second kappa shape index (κ2) is 2.59. The predicted octanol–water partition coefficient (Wildman–Crippen LogP) is 1.57. The van der Waals surface area contributed by atoms with Crippen molar-refractivity contribution in [2.24, 2.45) is 0 Å². The molecule has 0 aromatic heterocycles. The summed E-state index contributed by atoms with van der Waals surface area (Å²) in [5, 5.41) is 0. The van der Waals surface area contributed by atoms with Crippen LogP contribution in [0.1, 0.15) is 15.9 Å². The van der Waals surface area contributed by atoms with Gasteiger partial charge in [-0.25, -0.2) is 4.39 Å². The minimum absolute atomic E-state index is 0.327. The van der Waals surface area contributed by atoms with Crippen LogP contribution >= 0.6 is 0 Å². The van der Waals surface area contributed by atoms with Gasteiger partial charge in [0.1, 0.15) is 17.9 Å². The Balaban J connectivity index is 2.58. The number of halogens is 1. The molecule has 1 aliphatic heterocycles. The Labute approximate surface area is 69.0 Å². The number of ether oxygens (including phenoxy) is 1. The lowest BCUT2D eigenvalue weighted by Crippen LogP contribution is -1.88. The van der Waals surface area contributed by atoms with Crippen LogP contribution < -0.4 is 4.74 Å². The first-order valence-electron chi connectivity index (χ1n) is 3.71. The van der Waals surface area contributed by atoms with Crippen LogP contribution in [0.25, 0.3) is 0 Å². The monoisotopic (exact) mass is 166 g/mol. The number of fused-ring (bicyclic) bond motifs is 1. The Kier molecular flexibility index (Phi) is 1.57. The third-order valence-electron chi connectivity index (χ3n) is 1.92. The zero-order valence-corrected chi connectivity index (χ0v) is 6.34. The van der Waals surface area contributed by atoms with Gasteiger partial charge in [0, 0.05) is 17.5 Å². The van der Waals surface area contributed by atoms with Gasteiger partial charge >= 0.3 is 0 Å². The maximum Gasteiger partial charge on any atom is 0.150 e. The molecule has 62 valence electrons. The normalized spacial score (nSPS) is 13.8. The summed E-state index contributed by atoms with van der Waals surface area (Å²) in [5.41, 5.74) is 0.911. The molecule has 2 rings (SSSR count). The highest BCUT2D eigenvalue weighted by Gasteiger charge is 2.17. The van der Waals surface area contributed by atoms with E-state index in [0.29, 0.717) is 36.2 Å². The van der Waals surface area contributed by atoms with Crippen LogP contribution in [0.2, 0.25) is 0 Å². The van der Waals surface area contributed by atoms with Crippen molar-refractivity contribution < 1.29 is 13.9 Å². The Morgan fingerprint density at radius 2 is 2.33 bits per heavy atom. The Hall–Kier alpha value is -1.38. The summed E-state index contributed by atoms with van der Waals surface area (Å²) >= 11 is 0. The fraction of sp³-hybridized carbons (Fsp3) is 0.222. The first-order valence-corrected chi connectivity index (χ1v) is 3.71. The quantitative estimate of drug-likeness (QED) is 0.592. The summed E-state index contributed by atoms with van der Waals surface area (Å²) in [5.74, 6) is 0.171. The van der Waals surface area contributed by atoms with E-state index in [1.54, 1.807) is 6.07 Å². The van der Waals surface area contributed by atoms with Gasteiger partial charge in [-0.3, -0.25) is 4.79 Å². The van der Waals surface area contributed by atoms with Crippen molar-refractivity contribution >= 4 is 6.29 Å². The summed E-state index contributed by atoms with van der Waals surface area (Å²) in [6, 6.07) is 2.80. The number of hydrogen-bond donors (Lipinski definition) is 0. The molecular formula is C9H7FO2. The molecular weight excluding hydrogens is 159 g/mol. The summed E-state index contributed by atoms with van der Waals surface area (Å²) in [6.07, 6.45) is 1.21. The van der Waals surface area contributed by atoms with Crippen molar-refractivity contribution in [1.82, 2.24) is 0 Å². The van der Waals surface area contributed by atoms with Crippen molar-refractivity contribution in [1.29, 1.82) is 0 Å². The van der Waals surface area contributed by atoms with Gasteiger partial charge < -0.3 is 4.74 Å². The molecule has 1 aromatic rings. The zero-order valence-electron chi connectivity index (χ0n) is 6.34. The van der Waals surface area contributed by atoms with E-state index in [1.807, 2.05) is 0 Å². The maximum atomic E-state index is 13.1. The first-order chi connectivity index (χ1) is 5.81. The van der Waals surface area contributed by atoms with E-state index in [1.165, 1.54) is 6.07 Å². The van der Waals surface area contributed by atoms with Crippen molar-refractivity contribution in [3.63, 3.8) is 0 Å². The van der Waals surface area contributed by atoms with E-state index in [2.05, 4.69) is 0 Å². The molecule has 1 aromatic carbocycles. The van der Waals surface area contributed by atoms with Gasteiger partial charge in [0.05, 0.1) is 6.61 Å². The largest absolute Gasteiger partial charge is 0.493 e. The standard InChI is InChI=1S/C9H7FO2/c10-8-3-6(5-11)4-9-7(8)1-2-12-9/h3-5H,1-2H2. The average molecular weight is 166 g/mol. The minimum atomic E-state index is -0.341. The van der Waals surface area contributed by atoms with E-state index >= 15 is 0 Å². The van der Waals surface area contributed by atoms with Gasteiger partial charge in [-0.2, -0.15) is 0 Å². The van der Waals surface area contributed by atoms with E-state index in [4.69, 9.17) is 4.74 Å². The van der Waals surface area contributed by atoms with Crippen LogP contribution in [0.3, 0.4) is 0 Å². The van der Waals surface area contributed by atoms with Crippen molar-refractivity contribution in [3.8, 4) is 5.75 Å². The van der Waals surface area contributed by atoms with Gasteiger partial charge in [0.2, 0.25) is 0 Å². The topological polar surface area (TPSA) is 26.3 Å².